The van der Waals surface area contributed by atoms with Gasteiger partial charge < -0.3 is 14.8 Å². The number of ether oxygens (including phenoxy) is 2. The molecule has 8 nitrogen and oxygen atoms in total. The molecular weight excluding hydrogens is 406 g/mol. The third-order valence-electron chi connectivity index (χ3n) is 5.22. The van der Waals surface area contributed by atoms with Gasteiger partial charge in [0.25, 0.3) is 0 Å². The van der Waals surface area contributed by atoms with Crippen molar-refractivity contribution in [3.05, 3.63) is 48.0 Å². The Balaban J connectivity index is 1.25. The number of rotatable bonds is 6. The van der Waals surface area contributed by atoms with Gasteiger partial charge in [0.1, 0.15) is 0 Å². The number of hydrogen-bond donors (Lipinski definition) is 1. The first-order valence-corrected chi connectivity index (χ1v) is 11.7. The molecule has 2 aliphatic rings. The molecule has 1 amide bonds. The van der Waals surface area contributed by atoms with E-state index in [1.807, 2.05) is 12.1 Å². The lowest BCUT2D eigenvalue weighted by Gasteiger charge is -2.34. The molecule has 4 rings (SSSR count). The van der Waals surface area contributed by atoms with Crippen LogP contribution in [-0.4, -0.2) is 69.9 Å². The highest BCUT2D eigenvalue weighted by Gasteiger charge is 2.20. The second-order valence-electron chi connectivity index (χ2n) is 7.59. The van der Waals surface area contributed by atoms with Gasteiger partial charge in [-0.2, -0.15) is 0 Å². The summed E-state index contributed by atoms with van der Waals surface area (Å²) in [7, 11) is -3.31. The van der Waals surface area contributed by atoms with Gasteiger partial charge in [0.15, 0.2) is 21.3 Å². The molecule has 2 aromatic carbocycles. The topological polar surface area (TPSA) is 88.2 Å². The largest absolute Gasteiger partial charge is 0.454 e. The number of fused-ring (bicyclic) bond motifs is 1. The fraction of sp³-hybridized carbons (Fsp3) is 0.381. The lowest BCUT2D eigenvalue weighted by molar-refractivity contribution is -0.117. The van der Waals surface area contributed by atoms with E-state index in [0.717, 1.165) is 50.5 Å². The molecule has 0 unspecified atom stereocenters. The molecule has 1 N–H and O–H groups in total. The number of carbonyl (C=O) groups excluding carboxylic acids is 1. The van der Waals surface area contributed by atoms with E-state index in [2.05, 4.69) is 21.2 Å². The molecule has 9 heteroatoms. The van der Waals surface area contributed by atoms with Crippen LogP contribution in [0.3, 0.4) is 0 Å². The van der Waals surface area contributed by atoms with Crippen molar-refractivity contribution in [1.29, 1.82) is 0 Å². The Bertz CT molecular complexity index is 1030. The summed E-state index contributed by atoms with van der Waals surface area (Å²) in [5.41, 5.74) is 1.67. The number of nitrogens with zero attached hydrogens (tertiary/aromatic N) is 2. The van der Waals surface area contributed by atoms with Gasteiger partial charge >= 0.3 is 0 Å². The van der Waals surface area contributed by atoms with Gasteiger partial charge in [-0.05, 0) is 35.9 Å². The van der Waals surface area contributed by atoms with Crippen molar-refractivity contribution in [2.24, 2.45) is 0 Å². The van der Waals surface area contributed by atoms with Crippen LogP contribution in [0.2, 0.25) is 0 Å². The molecule has 2 aromatic rings. The van der Waals surface area contributed by atoms with Crippen LogP contribution in [0.5, 0.6) is 11.5 Å². The maximum atomic E-state index is 12.4. The lowest BCUT2D eigenvalue weighted by Crippen LogP contribution is -2.48. The van der Waals surface area contributed by atoms with Crippen LogP contribution in [0.15, 0.2) is 47.4 Å². The Morgan fingerprint density at radius 1 is 1.00 bits per heavy atom. The van der Waals surface area contributed by atoms with Gasteiger partial charge in [0, 0.05) is 44.7 Å². The number of hydrogen-bond acceptors (Lipinski definition) is 7. The molecule has 0 saturated carbocycles. The van der Waals surface area contributed by atoms with Crippen molar-refractivity contribution in [2.75, 3.05) is 51.1 Å². The zero-order chi connectivity index (χ0) is 21.1. The number of nitrogens with one attached hydrogen (secondary N) is 1. The van der Waals surface area contributed by atoms with Gasteiger partial charge in [0.2, 0.25) is 12.7 Å². The van der Waals surface area contributed by atoms with E-state index < -0.39 is 9.84 Å². The van der Waals surface area contributed by atoms with Crippen molar-refractivity contribution in [2.45, 2.75) is 11.4 Å². The summed E-state index contributed by atoms with van der Waals surface area (Å²) in [4.78, 5) is 17.0. The van der Waals surface area contributed by atoms with Crippen LogP contribution in [0.1, 0.15) is 5.56 Å². The molecular formula is C21H25N3O5S. The maximum Gasteiger partial charge on any atom is 0.238 e. The SMILES string of the molecule is CS(=O)(=O)c1cccc(NC(=O)CN2CCN(Cc3ccc4c(c3)OCO4)CC2)c1. The van der Waals surface area contributed by atoms with Gasteiger partial charge in [-0.25, -0.2) is 8.42 Å². The van der Waals surface area contributed by atoms with Crippen LogP contribution in [0.4, 0.5) is 5.69 Å². The summed E-state index contributed by atoms with van der Waals surface area (Å²) in [6, 6.07) is 12.3. The van der Waals surface area contributed by atoms with Crippen molar-refractivity contribution in [3.8, 4) is 11.5 Å². The molecule has 2 aliphatic heterocycles. The number of sulfone groups is 1. The summed E-state index contributed by atoms with van der Waals surface area (Å²) in [5, 5.41) is 2.79. The third kappa shape index (κ3) is 5.10. The molecule has 160 valence electrons. The maximum absolute atomic E-state index is 12.4. The van der Waals surface area contributed by atoms with Crippen LogP contribution in [0.25, 0.3) is 0 Å². The number of amides is 1. The Labute approximate surface area is 176 Å². The normalized spacial score (nSPS) is 17.1. The number of carbonyl (C=O) groups is 1. The average molecular weight is 432 g/mol. The van der Waals surface area contributed by atoms with E-state index >= 15 is 0 Å². The average Bonchev–Trinajstić information content (AvgIpc) is 3.17. The molecule has 0 radical (unpaired) electrons. The van der Waals surface area contributed by atoms with Crippen LogP contribution < -0.4 is 14.8 Å². The van der Waals surface area contributed by atoms with Crippen LogP contribution >= 0.6 is 0 Å². The van der Waals surface area contributed by atoms with E-state index in [-0.39, 0.29) is 24.1 Å². The van der Waals surface area contributed by atoms with E-state index in [1.54, 1.807) is 12.1 Å². The molecule has 0 spiro atoms. The first-order valence-electron chi connectivity index (χ1n) is 9.80. The number of anilines is 1. The molecule has 2 heterocycles. The molecule has 1 fully saturated rings. The minimum Gasteiger partial charge on any atom is -0.454 e. The molecule has 30 heavy (non-hydrogen) atoms. The molecule has 0 atom stereocenters. The number of piperazine rings is 1. The van der Waals surface area contributed by atoms with Gasteiger partial charge in [0.05, 0.1) is 11.4 Å². The minimum atomic E-state index is -3.31. The first-order chi connectivity index (χ1) is 14.4. The minimum absolute atomic E-state index is 0.148. The quantitative estimate of drug-likeness (QED) is 0.743. The second kappa shape index (κ2) is 8.63. The van der Waals surface area contributed by atoms with Crippen molar-refractivity contribution in [3.63, 3.8) is 0 Å². The monoisotopic (exact) mass is 431 g/mol. The van der Waals surface area contributed by atoms with Crippen molar-refractivity contribution >= 4 is 21.4 Å². The summed E-state index contributed by atoms with van der Waals surface area (Å²) >= 11 is 0. The highest BCUT2D eigenvalue weighted by molar-refractivity contribution is 7.90. The van der Waals surface area contributed by atoms with E-state index in [9.17, 15) is 13.2 Å². The van der Waals surface area contributed by atoms with E-state index in [1.165, 1.54) is 17.7 Å². The summed E-state index contributed by atoms with van der Waals surface area (Å²) in [5.74, 6) is 1.43. The molecule has 0 aromatic heterocycles. The zero-order valence-electron chi connectivity index (χ0n) is 16.8. The van der Waals surface area contributed by atoms with Crippen LogP contribution in [-0.2, 0) is 21.2 Å². The lowest BCUT2D eigenvalue weighted by atomic mass is 10.1. The standard InChI is InChI=1S/C21H25N3O5S/c1-30(26,27)18-4-2-3-17(12-18)22-21(25)14-24-9-7-23(8-10-24)13-16-5-6-19-20(11-16)29-15-28-19/h2-6,11-12H,7-10,13-15H2,1H3,(H,22,25). The Morgan fingerprint density at radius 3 is 2.50 bits per heavy atom. The van der Waals surface area contributed by atoms with E-state index in [4.69, 9.17) is 9.47 Å². The summed E-state index contributed by atoms with van der Waals surface area (Å²) < 4.78 is 34.1. The van der Waals surface area contributed by atoms with E-state index in [0.29, 0.717) is 5.69 Å². The molecule has 1 saturated heterocycles. The summed E-state index contributed by atoms with van der Waals surface area (Å²) in [6.45, 7) is 4.70. The second-order valence-corrected chi connectivity index (χ2v) is 9.60. The predicted molar refractivity (Wildman–Crippen MR) is 112 cm³/mol. The first kappa shape index (κ1) is 20.6. The van der Waals surface area contributed by atoms with Crippen LogP contribution in [0, 0.1) is 0 Å². The highest BCUT2D eigenvalue weighted by atomic mass is 32.2. The Hall–Kier alpha value is -2.62. The fourth-order valence-corrected chi connectivity index (χ4v) is 4.28. The van der Waals surface area contributed by atoms with Gasteiger partial charge in [-0.3, -0.25) is 14.6 Å². The highest BCUT2D eigenvalue weighted by Crippen LogP contribution is 2.32. The Kier molecular flexibility index (Phi) is 5.94. The Morgan fingerprint density at radius 2 is 1.73 bits per heavy atom. The zero-order valence-corrected chi connectivity index (χ0v) is 17.7. The van der Waals surface area contributed by atoms with Gasteiger partial charge in [-0.1, -0.05) is 12.1 Å². The summed E-state index contributed by atoms with van der Waals surface area (Å²) in [6.07, 6.45) is 1.15. The predicted octanol–water partition coefficient (Wildman–Crippen LogP) is 1.58. The fourth-order valence-electron chi connectivity index (χ4n) is 3.61. The smallest absolute Gasteiger partial charge is 0.238 e. The molecule has 0 aliphatic carbocycles. The third-order valence-corrected chi connectivity index (χ3v) is 6.33. The van der Waals surface area contributed by atoms with Crippen molar-refractivity contribution in [1.82, 2.24) is 9.80 Å². The van der Waals surface area contributed by atoms with Gasteiger partial charge in [-0.15, -0.1) is 0 Å². The molecule has 0 bridgehead atoms. The number of benzene rings is 2. The van der Waals surface area contributed by atoms with Crippen molar-refractivity contribution < 1.29 is 22.7 Å².